The van der Waals surface area contributed by atoms with Gasteiger partial charge < -0.3 is 9.30 Å². The lowest BCUT2D eigenvalue weighted by Crippen LogP contribution is -2.22. The molecule has 2 heteroatoms. The lowest BCUT2D eigenvalue weighted by Gasteiger charge is -2.19. The molecular formula is C16H21NO. The van der Waals surface area contributed by atoms with Gasteiger partial charge in [0.05, 0.1) is 11.7 Å². The summed E-state index contributed by atoms with van der Waals surface area (Å²) in [6.45, 7) is 7.48. The van der Waals surface area contributed by atoms with Crippen LogP contribution in [0.15, 0.2) is 30.5 Å². The van der Waals surface area contributed by atoms with Gasteiger partial charge in [0.2, 0.25) is 0 Å². The van der Waals surface area contributed by atoms with Crippen molar-refractivity contribution in [1.82, 2.24) is 4.57 Å². The molecule has 0 aliphatic carbocycles. The van der Waals surface area contributed by atoms with Gasteiger partial charge in [0.15, 0.2) is 0 Å². The highest BCUT2D eigenvalue weighted by molar-refractivity contribution is 5.80. The highest BCUT2D eigenvalue weighted by atomic mass is 16.5. The molecule has 1 aromatic carbocycles. The van der Waals surface area contributed by atoms with Gasteiger partial charge in [-0.2, -0.15) is 0 Å². The van der Waals surface area contributed by atoms with E-state index in [9.17, 15) is 0 Å². The summed E-state index contributed by atoms with van der Waals surface area (Å²) in [6.07, 6.45) is 4.87. The fourth-order valence-electron chi connectivity index (χ4n) is 2.90. The fraction of sp³-hybridized carbons (Fsp3) is 0.500. The highest BCUT2D eigenvalue weighted by Gasteiger charge is 2.31. The van der Waals surface area contributed by atoms with Crippen molar-refractivity contribution in [1.29, 1.82) is 0 Å². The van der Waals surface area contributed by atoms with Crippen LogP contribution in [0.1, 0.15) is 32.3 Å². The van der Waals surface area contributed by atoms with Crippen molar-refractivity contribution >= 4 is 10.9 Å². The topological polar surface area (TPSA) is 14.2 Å². The van der Waals surface area contributed by atoms with Crippen LogP contribution in [0.4, 0.5) is 0 Å². The number of rotatable bonds is 2. The smallest absolute Gasteiger partial charge is 0.0762 e. The monoisotopic (exact) mass is 243 g/mol. The molecule has 96 valence electrons. The maximum Gasteiger partial charge on any atom is 0.0762 e. The molecule has 0 spiro atoms. The Bertz CT molecular complexity index is 567. The Kier molecular flexibility index (Phi) is 2.70. The largest absolute Gasteiger partial charge is 0.370 e. The summed E-state index contributed by atoms with van der Waals surface area (Å²) in [5, 5.41) is 1.33. The maximum atomic E-state index is 6.07. The third kappa shape index (κ3) is 2.17. The summed E-state index contributed by atoms with van der Waals surface area (Å²) >= 11 is 0. The molecule has 1 saturated heterocycles. The lowest BCUT2D eigenvalue weighted by atomic mass is 10.1. The van der Waals surface area contributed by atoms with E-state index in [-0.39, 0.29) is 5.60 Å². The number of fused-ring (bicyclic) bond motifs is 1. The van der Waals surface area contributed by atoms with Crippen LogP contribution in [0.3, 0.4) is 0 Å². The average Bonchev–Trinajstić information content (AvgIpc) is 2.83. The van der Waals surface area contributed by atoms with Crippen LogP contribution in [-0.2, 0) is 11.3 Å². The molecule has 0 amide bonds. The van der Waals surface area contributed by atoms with Gasteiger partial charge >= 0.3 is 0 Å². The molecule has 2 aromatic rings. The lowest BCUT2D eigenvalue weighted by molar-refractivity contribution is -0.0212. The predicted octanol–water partition coefficient (Wildman–Crippen LogP) is 3.91. The van der Waals surface area contributed by atoms with Crippen molar-refractivity contribution in [2.75, 3.05) is 0 Å². The first kappa shape index (κ1) is 11.8. The minimum Gasteiger partial charge on any atom is -0.370 e. The standard InChI is InChI=1S/C16H21NO/c1-12-4-5-15-13(10-12)7-9-17(15)11-14-6-8-16(2,3)18-14/h4-5,7,9-10,14H,6,8,11H2,1-3H3. The Hall–Kier alpha value is -1.28. The SMILES string of the molecule is Cc1ccc2c(ccn2CC2CCC(C)(C)O2)c1. The first-order valence-electron chi connectivity index (χ1n) is 6.77. The van der Waals surface area contributed by atoms with Gasteiger partial charge in [-0.15, -0.1) is 0 Å². The number of nitrogens with zero attached hydrogens (tertiary/aromatic N) is 1. The summed E-state index contributed by atoms with van der Waals surface area (Å²) in [5.41, 5.74) is 2.69. The zero-order chi connectivity index (χ0) is 12.8. The Labute approximate surface area is 109 Å². The number of benzene rings is 1. The van der Waals surface area contributed by atoms with Gasteiger partial charge in [-0.1, -0.05) is 11.6 Å². The summed E-state index contributed by atoms with van der Waals surface area (Å²) in [5.74, 6) is 0. The number of aryl methyl sites for hydroxylation is 1. The van der Waals surface area contributed by atoms with Crippen LogP contribution < -0.4 is 0 Å². The molecule has 1 unspecified atom stereocenters. The second-order valence-electron chi connectivity index (χ2n) is 6.07. The van der Waals surface area contributed by atoms with Crippen LogP contribution in [0.25, 0.3) is 10.9 Å². The molecule has 18 heavy (non-hydrogen) atoms. The van der Waals surface area contributed by atoms with Gasteiger partial charge in [-0.3, -0.25) is 0 Å². The molecule has 0 radical (unpaired) electrons. The van der Waals surface area contributed by atoms with Crippen molar-refractivity contribution in [3.05, 3.63) is 36.0 Å². The number of ether oxygens (including phenoxy) is 1. The van der Waals surface area contributed by atoms with Crippen LogP contribution in [0, 0.1) is 6.92 Å². The minimum absolute atomic E-state index is 0.0597. The van der Waals surface area contributed by atoms with Gasteiger partial charge in [0.1, 0.15) is 0 Å². The van der Waals surface area contributed by atoms with E-state index in [1.807, 2.05) is 0 Å². The fourth-order valence-corrected chi connectivity index (χ4v) is 2.90. The Morgan fingerprint density at radius 3 is 2.89 bits per heavy atom. The summed E-state index contributed by atoms with van der Waals surface area (Å²) < 4.78 is 8.39. The van der Waals surface area contributed by atoms with Gasteiger partial charge in [0.25, 0.3) is 0 Å². The van der Waals surface area contributed by atoms with Crippen molar-refractivity contribution in [2.24, 2.45) is 0 Å². The van der Waals surface area contributed by atoms with Crippen LogP contribution in [0.5, 0.6) is 0 Å². The molecule has 1 aliphatic heterocycles. The molecule has 0 saturated carbocycles. The Morgan fingerprint density at radius 2 is 2.17 bits per heavy atom. The molecule has 0 N–H and O–H groups in total. The van der Waals surface area contributed by atoms with E-state index in [4.69, 9.17) is 4.74 Å². The third-order valence-electron chi connectivity index (χ3n) is 3.88. The van der Waals surface area contributed by atoms with Crippen molar-refractivity contribution < 1.29 is 4.74 Å². The summed E-state index contributed by atoms with van der Waals surface area (Å²) in [6, 6.07) is 8.83. The highest BCUT2D eigenvalue weighted by Crippen LogP contribution is 2.31. The van der Waals surface area contributed by atoms with Crippen LogP contribution in [0.2, 0.25) is 0 Å². The molecule has 1 aliphatic rings. The van der Waals surface area contributed by atoms with Crippen molar-refractivity contribution in [2.45, 2.75) is 51.9 Å². The Balaban J connectivity index is 1.83. The molecule has 1 atom stereocenters. The minimum atomic E-state index is 0.0597. The Morgan fingerprint density at radius 1 is 1.33 bits per heavy atom. The third-order valence-corrected chi connectivity index (χ3v) is 3.88. The zero-order valence-corrected chi connectivity index (χ0v) is 11.4. The molecule has 2 nitrogen and oxygen atoms in total. The van der Waals surface area contributed by atoms with Crippen LogP contribution >= 0.6 is 0 Å². The summed E-state index contributed by atoms with van der Waals surface area (Å²) in [4.78, 5) is 0. The van der Waals surface area contributed by atoms with Gasteiger partial charge in [-0.05, 0) is 57.2 Å². The second kappa shape index (κ2) is 4.13. The number of hydrogen-bond acceptors (Lipinski definition) is 1. The molecule has 1 aromatic heterocycles. The van der Waals surface area contributed by atoms with E-state index in [0.717, 1.165) is 13.0 Å². The molecule has 2 heterocycles. The van der Waals surface area contributed by atoms with Gasteiger partial charge in [0, 0.05) is 18.3 Å². The zero-order valence-electron chi connectivity index (χ0n) is 11.4. The van der Waals surface area contributed by atoms with E-state index in [1.165, 1.54) is 22.9 Å². The first-order chi connectivity index (χ1) is 8.53. The number of hydrogen-bond donors (Lipinski definition) is 0. The molecule has 1 fully saturated rings. The van der Waals surface area contributed by atoms with Crippen molar-refractivity contribution in [3.63, 3.8) is 0 Å². The van der Waals surface area contributed by atoms with E-state index >= 15 is 0 Å². The molecular weight excluding hydrogens is 222 g/mol. The van der Waals surface area contributed by atoms with Gasteiger partial charge in [-0.25, -0.2) is 0 Å². The maximum absolute atomic E-state index is 6.07. The van der Waals surface area contributed by atoms with E-state index in [0.29, 0.717) is 6.10 Å². The first-order valence-corrected chi connectivity index (χ1v) is 6.77. The normalized spacial score (nSPS) is 22.7. The summed E-state index contributed by atoms with van der Waals surface area (Å²) in [7, 11) is 0. The quantitative estimate of drug-likeness (QED) is 0.780. The van der Waals surface area contributed by atoms with E-state index in [1.54, 1.807) is 0 Å². The van der Waals surface area contributed by atoms with Crippen molar-refractivity contribution in [3.8, 4) is 0 Å². The predicted molar refractivity (Wildman–Crippen MR) is 74.9 cm³/mol. The second-order valence-corrected chi connectivity index (χ2v) is 6.07. The average molecular weight is 243 g/mol. The number of aromatic nitrogens is 1. The van der Waals surface area contributed by atoms with E-state index in [2.05, 4.69) is 55.8 Å². The van der Waals surface area contributed by atoms with E-state index < -0.39 is 0 Å². The molecule has 3 rings (SSSR count). The molecule has 0 bridgehead atoms. The van der Waals surface area contributed by atoms with Crippen LogP contribution in [-0.4, -0.2) is 16.3 Å².